The molecular weight excluding hydrogens is 477 g/mol. The molecule has 0 bridgehead atoms. The Morgan fingerprint density at radius 2 is 1.69 bits per heavy atom. The Morgan fingerprint density at radius 3 is 2.28 bits per heavy atom. The van der Waals surface area contributed by atoms with Crippen molar-refractivity contribution in [3.63, 3.8) is 0 Å². The summed E-state index contributed by atoms with van der Waals surface area (Å²) in [4.78, 5) is 11.2. The van der Waals surface area contributed by atoms with Gasteiger partial charge in [0.2, 0.25) is 0 Å². The maximum Gasteiger partial charge on any atom is 0.308 e. The van der Waals surface area contributed by atoms with Crippen molar-refractivity contribution in [2.24, 2.45) is 0 Å². The fourth-order valence-corrected chi connectivity index (χ4v) is 5.21. The molecule has 0 heterocycles. The van der Waals surface area contributed by atoms with E-state index < -0.39 is 22.0 Å². The number of thiocarbonyl (C=S) groups is 1. The standard InChI is InChI=1S/C19H18Cl3NO4S2/c1-12(2-6-15(28)11-19(24)25)23(18-10-14(21)5-9-17(18)22)29(26,27)16-7-3-13(20)4-8-16/h3-5,7-10,12H,2,6,11H2,1H3,(H,24,25)/t12-/m1/s1. The second kappa shape index (κ2) is 10.1. The van der Waals surface area contributed by atoms with Gasteiger partial charge in [-0.2, -0.15) is 0 Å². The molecule has 1 atom stereocenters. The number of sulfonamides is 1. The predicted octanol–water partition coefficient (Wildman–Crippen LogP) is 5.86. The highest BCUT2D eigenvalue weighted by molar-refractivity contribution is 7.92. The first-order chi connectivity index (χ1) is 13.5. The van der Waals surface area contributed by atoms with Crippen molar-refractivity contribution in [3.8, 4) is 0 Å². The number of carboxylic acid groups (broad SMARTS) is 1. The zero-order valence-corrected chi connectivity index (χ0v) is 19.2. The van der Waals surface area contributed by atoms with Crippen LogP contribution in [0.4, 0.5) is 5.69 Å². The van der Waals surface area contributed by atoms with Crippen LogP contribution in [-0.2, 0) is 14.8 Å². The third kappa shape index (κ3) is 6.30. The molecule has 2 aromatic carbocycles. The van der Waals surface area contributed by atoms with Gasteiger partial charge >= 0.3 is 5.97 Å². The number of benzene rings is 2. The van der Waals surface area contributed by atoms with E-state index in [1.54, 1.807) is 13.0 Å². The van der Waals surface area contributed by atoms with E-state index in [4.69, 9.17) is 52.1 Å². The van der Waals surface area contributed by atoms with Crippen molar-refractivity contribution in [2.45, 2.75) is 37.1 Å². The highest BCUT2D eigenvalue weighted by atomic mass is 35.5. The van der Waals surface area contributed by atoms with Gasteiger partial charge in [-0.25, -0.2) is 8.42 Å². The molecule has 0 aliphatic heterocycles. The summed E-state index contributed by atoms with van der Waals surface area (Å²) in [5, 5.41) is 9.82. The van der Waals surface area contributed by atoms with Gasteiger partial charge in [0.25, 0.3) is 10.0 Å². The number of nitrogens with zero attached hydrogens (tertiary/aromatic N) is 1. The number of aliphatic carboxylic acids is 1. The summed E-state index contributed by atoms with van der Waals surface area (Å²) in [6.07, 6.45) is 0.333. The number of anilines is 1. The third-order valence-electron chi connectivity index (χ3n) is 4.11. The first kappa shape index (κ1) is 23.9. The van der Waals surface area contributed by atoms with Gasteiger partial charge in [-0.1, -0.05) is 47.0 Å². The highest BCUT2D eigenvalue weighted by Gasteiger charge is 2.31. The maximum absolute atomic E-state index is 13.4. The quantitative estimate of drug-likeness (QED) is 0.442. The van der Waals surface area contributed by atoms with E-state index in [0.717, 1.165) is 0 Å². The number of hydrogen-bond acceptors (Lipinski definition) is 4. The van der Waals surface area contributed by atoms with Crippen molar-refractivity contribution in [1.82, 2.24) is 0 Å². The molecule has 0 amide bonds. The minimum Gasteiger partial charge on any atom is -0.481 e. The van der Waals surface area contributed by atoms with Gasteiger partial charge in [-0.05, 0) is 62.2 Å². The van der Waals surface area contributed by atoms with Crippen molar-refractivity contribution in [2.75, 3.05) is 4.31 Å². The molecule has 0 spiro atoms. The lowest BCUT2D eigenvalue weighted by atomic mass is 10.1. The minimum atomic E-state index is -4.01. The van der Waals surface area contributed by atoms with Crippen molar-refractivity contribution in [1.29, 1.82) is 0 Å². The van der Waals surface area contributed by atoms with E-state index in [9.17, 15) is 13.2 Å². The molecule has 29 heavy (non-hydrogen) atoms. The van der Waals surface area contributed by atoms with Crippen LogP contribution in [0.1, 0.15) is 26.2 Å². The van der Waals surface area contributed by atoms with Crippen LogP contribution in [0.5, 0.6) is 0 Å². The van der Waals surface area contributed by atoms with Crippen molar-refractivity contribution >= 4 is 73.6 Å². The molecule has 5 nitrogen and oxygen atoms in total. The molecule has 10 heteroatoms. The van der Waals surface area contributed by atoms with Crippen LogP contribution in [0, 0.1) is 0 Å². The van der Waals surface area contributed by atoms with Crippen LogP contribution >= 0.6 is 47.0 Å². The fraction of sp³-hybridized carbons (Fsp3) is 0.263. The predicted molar refractivity (Wildman–Crippen MR) is 121 cm³/mol. The van der Waals surface area contributed by atoms with E-state index in [-0.39, 0.29) is 28.4 Å². The Balaban J connectivity index is 2.45. The Morgan fingerprint density at radius 1 is 1.10 bits per heavy atom. The van der Waals surface area contributed by atoms with Crippen LogP contribution in [0.2, 0.25) is 15.1 Å². The topological polar surface area (TPSA) is 74.7 Å². The molecule has 2 aromatic rings. The highest BCUT2D eigenvalue weighted by Crippen LogP contribution is 2.35. The molecule has 0 aliphatic rings. The summed E-state index contributed by atoms with van der Waals surface area (Å²) < 4.78 is 28.0. The van der Waals surface area contributed by atoms with Crippen LogP contribution < -0.4 is 4.31 Å². The maximum atomic E-state index is 13.4. The molecule has 0 saturated carbocycles. The summed E-state index contributed by atoms with van der Waals surface area (Å²) in [6.45, 7) is 1.70. The zero-order chi connectivity index (χ0) is 21.8. The Labute approximate surface area is 190 Å². The normalized spacial score (nSPS) is 12.4. The lowest BCUT2D eigenvalue weighted by molar-refractivity contribution is -0.135. The van der Waals surface area contributed by atoms with Crippen LogP contribution in [0.25, 0.3) is 0 Å². The monoisotopic (exact) mass is 493 g/mol. The largest absolute Gasteiger partial charge is 0.481 e. The Hall–Kier alpha value is -1.38. The van der Waals surface area contributed by atoms with E-state index >= 15 is 0 Å². The first-order valence-corrected chi connectivity index (χ1v) is 11.5. The average molecular weight is 495 g/mol. The van der Waals surface area contributed by atoms with Gasteiger partial charge in [0.05, 0.1) is 22.0 Å². The number of carbonyl (C=O) groups is 1. The lowest BCUT2D eigenvalue weighted by Gasteiger charge is -2.31. The van der Waals surface area contributed by atoms with Crippen molar-refractivity contribution in [3.05, 3.63) is 57.5 Å². The minimum absolute atomic E-state index is 0.0397. The summed E-state index contributed by atoms with van der Waals surface area (Å²) in [5.41, 5.74) is 0.228. The number of halogens is 3. The molecule has 0 saturated heterocycles. The van der Waals surface area contributed by atoms with Crippen molar-refractivity contribution < 1.29 is 18.3 Å². The molecule has 0 aromatic heterocycles. The van der Waals surface area contributed by atoms with Crippen LogP contribution in [0.15, 0.2) is 47.4 Å². The second-order valence-electron chi connectivity index (χ2n) is 6.35. The summed E-state index contributed by atoms with van der Waals surface area (Å²) >= 11 is 23.4. The molecule has 156 valence electrons. The lowest BCUT2D eigenvalue weighted by Crippen LogP contribution is -2.39. The first-order valence-electron chi connectivity index (χ1n) is 8.51. The van der Waals surface area contributed by atoms with E-state index in [2.05, 4.69) is 0 Å². The molecule has 0 aliphatic carbocycles. The number of rotatable bonds is 9. The van der Waals surface area contributed by atoms with E-state index in [1.165, 1.54) is 40.7 Å². The van der Waals surface area contributed by atoms with Gasteiger partial charge in [0.1, 0.15) is 0 Å². The van der Waals surface area contributed by atoms with Gasteiger partial charge in [0.15, 0.2) is 0 Å². The zero-order valence-electron chi connectivity index (χ0n) is 15.3. The van der Waals surface area contributed by atoms with Crippen LogP contribution in [-0.4, -0.2) is 30.4 Å². The van der Waals surface area contributed by atoms with Gasteiger partial charge in [-0.15, -0.1) is 0 Å². The summed E-state index contributed by atoms with van der Waals surface area (Å²) in [7, 11) is -4.01. The Bertz CT molecular complexity index is 1010. The molecular formula is C19H18Cl3NO4S2. The molecule has 0 radical (unpaired) electrons. The Kier molecular flexibility index (Phi) is 8.31. The molecule has 2 rings (SSSR count). The van der Waals surface area contributed by atoms with Gasteiger partial charge in [0, 0.05) is 21.0 Å². The molecule has 0 fully saturated rings. The van der Waals surface area contributed by atoms with Gasteiger partial charge in [-0.3, -0.25) is 9.10 Å². The summed E-state index contributed by atoms with van der Waals surface area (Å²) in [6, 6.07) is 9.77. The van der Waals surface area contributed by atoms with Crippen LogP contribution in [0.3, 0.4) is 0 Å². The third-order valence-corrected chi connectivity index (χ3v) is 7.20. The average Bonchev–Trinajstić information content (AvgIpc) is 2.62. The fourth-order valence-electron chi connectivity index (χ4n) is 2.72. The smallest absolute Gasteiger partial charge is 0.308 e. The second-order valence-corrected chi connectivity index (χ2v) is 10.0. The number of hydrogen-bond donors (Lipinski definition) is 1. The van der Waals surface area contributed by atoms with E-state index in [1.807, 2.05) is 0 Å². The van der Waals surface area contributed by atoms with Gasteiger partial charge < -0.3 is 5.11 Å². The molecule has 1 N–H and O–H groups in total. The van der Waals surface area contributed by atoms with E-state index in [0.29, 0.717) is 21.3 Å². The number of carboxylic acids is 1. The SMILES string of the molecule is C[C@H](CCC(=S)CC(=O)O)N(c1cc(Cl)ccc1Cl)S(=O)(=O)c1ccc(Cl)cc1. The summed E-state index contributed by atoms with van der Waals surface area (Å²) in [5.74, 6) is -1.02. The molecule has 0 unspecified atom stereocenters.